The van der Waals surface area contributed by atoms with E-state index in [-0.39, 0.29) is 0 Å². The van der Waals surface area contributed by atoms with E-state index in [1.807, 2.05) is 0 Å². The number of hydrogen-bond donors (Lipinski definition) is 0. The Labute approximate surface area is 94.4 Å². The molecule has 0 heterocycles. The summed E-state index contributed by atoms with van der Waals surface area (Å²) in [6.45, 7) is 2.32. The van der Waals surface area contributed by atoms with Crippen LogP contribution in [0.1, 0.15) is 71.1 Å². The van der Waals surface area contributed by atoms with E-state index >= 15 is 0 Å². The fraction of sp³-hybridized carbons (Fsp3) is 1.00. The van der Waals surface area contributed by atoms with E-state index in [0.717, 1.165) is 5.92 Å². The van der Waals surface area contributed by atoms with Crippen molar-refractivity contribution in [1.29, 1.82) is 0 Å². The second kappa shape index (κ2) is 7.56. The van der Waals surface area contributed by atoms with Gasteiger partial charge in [-0.15, -0.1) is 11.6 Å². The highest BCUT2D eigenvalue weighted by atomic mass is 35.5. The largest absolute Gasteiger partial charge is 0.123 e. The standard InChI is InChI=1S/C13H25Cl/c1-12-10-8-6-4-2-3-5-7-9-11-13(12)14/h12-13H,2-11H2,1H3. The Bertz CT molecular complexity index is 117. The van der Waals surface area contributed by atoms with Gasteiger partial charge in [-0.3, -0.25) is 0 Å². The molecule has 2 atom stereocenters. The van der Waals surface area contributed by atoms with Gasteiger partial charge < -0.3 is 0 Å². The Kier molecular flexibility index (Phi) is 6.68. The Balaban J connectivity index is 2.23. The van der Waals surface area contributed by atoms with E-state index in [2.05, 4.69) is 6.92 Å². The molecule has 0 saturated heterocycles. The maximum Gasteiger partial charge on any atom is 0.0361 e. The van der Waals surface area contributed by atoms with Gasteiger partial charge in [-0.05, 0) is 18.8 Å². The molecule has 0 N–H and O–H groups in total. The molecule has 1 aliphatic rings. The molecule has 0 aromatic carbocycles. The molecule has 0 bridgehead atoms. The first kappa shape index (κ1) is 12.4. The van der Waals surface area contributed by atoms with Gasteiger partial charge in [0, 0.05) is 5.38 Å². The van der Waals surface area contributed by atoms with Crippen LogP contribution in [0.15, 0.2) is 0 Å². The van der Waals surface area contributed by atoms with E-state index < -0.39 is 0 Å². The molecule has 84 valence electrons. The van der Waals surface area contributed by atoms with Crippen molar-refractivity contribution in [3.8, 4) is 0 Å². The average Bonchev–Trinajstić information content (AvgIpc) is 2.18. The SMILES string of the molecule is CC1CCCCCCCCCCC1Cl. The highest BCUT2D eigenvalue weighted by Gasteiger charge is 2.13. The lowest BCUT2D eigenvalue weighted by molar-refractivity contribution is 0.426. The first-order valence-electron chi connectivity index (χ1n) is 6.45. The fourth-order valence-electron chi connectivity index (χ4n) is 2.33. The molecule has 1 saturated carbocycles. The number of hydrogen-bond acceptors (Lipinski definition) is 0. The molecule has 1 aliphatic carbocycles. The van der Waals surface area contributed by atoms with E-state index in [9.17, 15) is 0 Å². The monoisotopic (exact) mass is 216 g/mol. The third-order valence-electron chi connectivity index (χ3n) is 3.51. The molecule has 0 spiro atoms. The molecule has 1 rings (SSSR count). The third-order valence-corrected chi connectivity index (χ3v) is 4.16. The van der Waals surface area contributed by atoms with Gasteiger partial charge in [0.05, 0.1) is 0 Å². The van der Waals surface area contributed by atoms with Crippen LogP contribution in [0.3, 0.4) is 0 Å². The highest BCUT2D eigenvalue weighted by Crippen LogP contribution is 2.24. The molecule has 0 nitrogen and oxygen atoms in total. The Morgan fingerprint density at radius 1 is 0.714 bits per heavy atom. The number of alkyl halides is 1. The van der Waals surface area contributed by atoms with Crippen molar-refractivity contribution >= 4 is 11.6 Å². The third kappa shape index (κ3) is 5.24. The molecule has 1 heteroatoms. The molecule has 2 unspecified atom stereocenters. The molecule has 14 heavy (non-hydrogen) atoms. The van der Waals surface area contributed by atoms with Gasteiger partial charge >= 0.3 is 0 Å². The van der Waals surface area contributed by atoms with E-state index in [1.54, 1.807) is 0 Å². The quantitative estimate of drug-likeness (QED) is 0.492. The zero-order valence-corrected chi connectivity index (χ0v) is 10.4. The van der Waals surface area contributed by atoms with Crippen molar-refractivity contribution in [3.05, 3.63) is 0 Å². The molecule has 1 fully saturated rings. The van der Waals surface area contributed by atoms with Crippen LogP contribution in [0.25, 0.3) is 0 Å². The number of rotatable bonds is 0. The topological polar surface area (TPSA) is 0 Å². The second-order valence-corrected chi connectivity index (χ2v) is 5.46. The summed E-state index contributed by atoms with van der Waals surface area (Å²) >= 11 is 6.36. The molecule has 0 radical (unpaired) electrons. The molecule has 0 aromatic heterocycles. The van der Waals surface area contributed by atoms with Gasteiger partial charge in [0.25, 0.3) is 0 Å². The first-order valence-corrected chi connectivity index (χ1v) is 6.88. The van der Waals surface area contributed by atoms with Crippen LogP contribution in [0.5, 0.6) is 0 Å². The Hall–Kier alpha value is 0.290. The Morgan fingerprint density at radius 3 is 1.71 bits per heavy atom. The molecule has 0 aliphatic heterocycles. The van der Waals surface area contributed by atoms with Gasteiger partial charge in [-0.1, -0.05) is 58.3 Å². The average molecular weight is 217 g/mol. The van der Waals surface area contributed by atoms with Crippen LogP contribution in [0.2, 0.25) is 0 Å². The van der Waals surface area contributed by atoms with Crippen LogP contribution in [-0.2, 0) is 0 Å². The summed E-state index contributed by atoms with van der Waals surface area (Å²) < 4.78 is 0. The Morgan fingerprint density at radius 2 is 1.14 bits per heavy atom. The molecule has 0 aromatic rings. The minimum atomic E-state index is 0.439. The van der Waals surface area contributed by atoms with E-state index in [0.29, 0.717) is 5.38 Å². The summed E-state index contributed by atoms with van der Waals surface area (Å²) in [7, 11) is 0. The predicted molar refractivity (Wildman–Crippen MR) is 65.0 cm³/mol. The first-order chi connectivity index (χ1) is 6.80. The van der Waals surface area contributed by atoms with Gasteiger partial charge in [0.15, 0.2) is 0 Å². The zero-order chi connectivity index (χ0) is 10.2. The van der Waals surface area contributed by atoms with Crippen molar-refractivity contribution < 1.29 is 0 Å². The normalized spacial score (nSPS) is 33.0. The van der Waals surface area contributed by atoms with E-state index in [1.165, 1.54) is 64.2 Å². The molecule has 0 amide bonds. The molecular formula is C13H25Cl. The summed E-state index contributed by atoms with van der Waals surface area (Å²) in [4.78, 5) is 0. The summed E-state index contributed by atoms with van der Waals surface area (Å²) in [6, 6.07) is 0. The highest BCUT2D eigenvalue weighted by molar-refractivity contribution is 6.20. The minimum Gasteiger partial charge on any atom is -0.123 e. The summed E-state index contributed by atoms with van der Waals surface area (Å²) in [5, 5.41) is 0.439. The van der Waals surface area contributed by atoms with Crippen LogP contribution < -0.4 is 0 Å². The zero-order valence-electron chi connectivity index (χ0n) is 9.60. The smallest absolute Gasteiger partial charge is 0.0361 e. The summed E-state index contributed by atoms with van der Waals surface area (Å²) in [6.07, 6.45) is 13.9. The van der Waals surface area contributed by atoms with Crippen molar-refractivity contribution in [3.63, 3.8) is 0 Å². The molecular weight excluding hydrogens is 192 g/mol. The van der Waals surface area contributed by atoms with Crippen LogP contribution in [0.4, 0.5) is 0 Å². The van der Waals surface area contributed by atoms with Crippen molar-refractivity contribution in [2.75, 3.05) is 0 Å². The van der Waals surface area contributed by atoms with Crippen molar-refractivity contribution in [2.24, 2.45) is 5.92 Å². The van der Waals surface area contributed by atoms with Gasteiger partial charge in [0.1, 0.15) is 0 Å². The fourth-order valence-corrected chi connectivity index (χ4v) is 2.61. The van der Waals surface area contributed by atoms with Gasteiger partial charge in [-0.25, -0.2) is 0 Å². The van der Waals surface area contributed by atoms with Crippen LogP contribution in [-0.4, -0.2) is 5.38 Å². The summed E-state index contributed by atoms with van der Waals surface area (Å²) in [5.41, 5.74) is 0. The van der Waals surface area contributed by atoms with E-state index in [4.69, 9.17) is 11.6 Å². The maximum absolute atomic E-state index is 6.36. The second-order valence-electron chi connectivity index (χ2n) is 4.90. The van der Waals surface area contributed by atoms with Gasteiger partial charge in [-0.2, -0.15) is 0 Å². The maximum atomic E-state index is 6.36. The lowest BCUT2D eigenvalue weighted by Gasteiger charge is -2.18. The number of halogens is 1. The van der Waals surface area contributed by atoms with Gasteiger partial charge in [0.2, 0.25) is 0 Å². The van der Waals surface area contributed by atoms with Crippen LogP contribution >= 0.6 is 11.6 Å². The summed E-state index contributed by atoms with van der Waals surface area (Å²) in [5.74, 6) is 0.732. The van der Waals surface area contributed by atoms with Crippen molar-refractivity contribution in [2.45, 2.75) is 76.5 Å². The predicted octanol–water partition coefficient (Wildman–Crippen LogP) is 5.14. The van der Waals surface area contributed by atoms with Crippen molar-refractivity contribution in [1.82, 2.24) is 0 Å². The lowest BCUT2D eigenvalue weighted by atomic mass is 9.94. The minimum absolute atomic E-state index is 0.439. The van der Waals surface area contributed by atoms with Crippen LogP contribution in [0, 0.1) is 5.92 Å². The lowest BCUT2D eigenvalue weighted by Crippen LogP contribution is -2.11.